The molecule has 0 aliphatic carbocycles. The van der Waals surface area contributed by atoms with E-state index < -0.39 is 5.60 Å². The first-order chi connectivity index (χ1) is 12.4. The molecule has 142 valence electrons. The summed E-state index contributed by atoms with van der Waals surface area (Å²) in [7, 11) is 0. The lowest BCUT2D eigenvalue weighted by Crippen LogP contribution is -2.50. The van der Waals surface area contributed by atoms with Gasteiger partial charge in [-0.3, -0.25) is 4.79 Å². The molecule has 2 aliphatic heterocycles. The summed E-state index contributed by atoms with van der Waals surface area (Å²) in [5, 5.41) is 0. The van der Waals surface area contributed by atoms with E-state index in [1.165, 1.54) is 0 Å². The lowest BCUT2D eigenvalue weighted by Gasteiger charge is -2.37. The van der Waals surface area contributed by atoms with Gasteiger partial charge in [0.2, 0.25) is 6.41 Å². The minimum Gasteiger partial charge on any atom is -0.444 e. The predicted octanol–water partition coefficient (Wildman–Crippen LogP) is 2.43. The molecule has 0 bridgehead atoms. The summed E-state index contributed by atoms with van der Waals surface area (Å²) in [6.07, 6.45) is 4.45. The lowest BCUT2D eigenvalue weighted by atomic mass is 10.0. The van der Waals surface area contributed by atoms with Crippen LogP contribution in [0.3, 0.4) is 0 Å². The molecule has 26 heavy (non-hydrogen) atoms. The summed E-state index contributed by atoms with van der Waals surface area (Å²) in [5.41, 5.74) is 0.617. The Balaban J connectivity index is 1.69. The number of nitrogens with zero attached hydrogens (tertiary/aromatic N) is 4. The second-order valence-corrected chi connectivity index (χ2v) is 7.87. The number of carbonyl (C=O) groups is 2. The topological polar surface area (TPSA) is 66.0 Å². The number of piperazine rings is 1. The molecule has 0 unspecified atom stereocenters. The van der Waals surface area contributed by atoms with E-state index in [9.17, 15) is 9.59 Å². The standard InChI is InChI=1S/C19H28N4O3/c1-19(2,3)26-18(25)22-12-10-21(11-13-22)17-15(6-4-8-20-17)16-7-5-9-23(16)14-24/h4,6,8,14,16H,5,7,9-13H2,1-3H3/t16-/m1/s1. The SMILES string of the molecule is CC(C)(C)OC(=O)N1CCN(c2ncccc2[C@H]2CCCN2C=O)CC1. The number of amides is 2. The fourth-order valence-electron chi connectivity index (χ4n) is 3.61. The molecule has 2 aliphatic rings. The Morgan fingerprint density at radius 2 is 1.96 bits per heavy atom. The highest BCUT2D eigenvalue weighted by atomic mass is 16.6. The molecule has 0 saturated carbocycles. The number of carbonyl (C=O) groups excluding carboxylic acids is 2. The van der Waals surface area contributed by atoms with E-state index in [2.05, 4.69) is 16.0 Å². The largest absolute Gasteiger partial charge is 0.444 e. The highest BCUT2D eigenvalue weighted by Crippen LogP contribution is 2.35. The second kappa shape index (κ2) is 7.51. The fraction of sp³-hybridized carbons (Fsp3) is 0.632. The van der Waals surface area contributed by atoms with E-state index in [4.69, 9.17) is 4.74 Å². The van der Waals surface area contributed by atoms with E-state index in [1.807, 2.05) is 31.7 Å². The molecule has 1 atom stereocenters. The number of anilines is 1. The van der Waals surface area contributed by atoms with Crippen molar-refractivity contribution in [1.82, 2.24) is 14.8 Å². The highest BCUT2D eigenvalue weighted by molar-refractivity contribution is 5.68. The van der Waals surface area contributed by atoms with Crippen LogP contribution >= 0.6 is 0 Å². The quantitative estimate of drug-likeness (QED) is 0.775. The van der Waals surface area contributed by atoms with Gasteiger partial charge < -0.3 is 19.4 Å². The minimum absolute atomic E-state index is 0.0973. The van der Waals surface area contributed by atoms with Crippen molar-refractivity contribution < 1.29 is 14.3 Å². The zero-order valence-electron chi connectivity index (χ0n) is 15.9. The molecule has 1 aromatic rings. The molecule has 7 heteroatoms. The second-order valence-electron chi connectivity index (χ2n) is 7.87. The van der Waals surface area contributed by atoms with Crippen LogP contribution in [-0.2, 0) is 9.53 Å². The monoisotopic (exact) mass is 360 g/mol. The molecule has 2 fully saturated rings. The van der Waals surface area contributed by atoms with E-state index in [0.717, 1.165) is 37.2 Å². The molecular weight excluding hydrogens is 332 g/mol. The Kier molecular flexibility index (Phi) is 5.34. The van der Waals surface area contributed by atoms with Gasteiger partial charge in [-0.25, -0.2) is 9.78 Å². The average molecular weight is 360 g/mol. The van der Waals surface area contributed by atoms with Crippen molar-refractivity contribution in [3.8, 4) is 0 Å². The fourth-order valence-corrected chi connectivity index (χ4v) is 3.61. The van der Waals surface area contributed by atoms with Crippen molar-refractivity contribution in [1.29, 1.82) is 0 Å². The van der Waals surface area contributed by atoms with Crippen LogP contribution in [0.1, 0.15) is 45.2 Å². The molecule has 0 radical (unpaired) electrons. The summed E-state index contributed by atoms with van der Waals surface area (Å²) in [5.74, 6) is 0.926. The third-order valence-electron chi connectivity index (χ3n) is 4.84. The molecule has 0 spiro atoms. The minimum atomic E-state index is -0.483. The van der Waals surface area contributed by atoms with Gasteiger partial charge in [-0.2, -0.15) is 0 Å². The van der Waals surface area contributed by atoms with Crippen LogP contribution in [0.15, 0.2) is 18.3 Å². The summed E-state index contributed by atoms with van der Waals surface area (Å²) >= 11 is 0. The van der Waals surface area contributed by atoms with E-state index >= 15 is 0 Å². The molecule has 3 heterocycles. The van der Waals surface area contributed by atoms with Crippen LogP contribution in [0.2, 0.25) is 0 Å². The van der Waals surface area contributed by atoms with Gasteiger partial charge in [-0.05, 0) is 39.7 Å². The van der Waals surface area contributed by atoms with Gasteiger partial charge in [0.25, 0.3) is 0 Å². The first-order valence-electron chi connectivity index (χ1n) is 9.28. The van der Waals surface area contributed by atoms with Crippen LogP contribution in [0, 0.1) is 0 Å². The maximum Gasteiger partial charge on any atom is 0.410 e. The maximum absolute atomic E-state index is 12.2. The van der Waals surface area contributed by atoms with E-state index in [-0.39, 0.29) is 12.1 Å². The first-order valence-corrected chi connectivity index (χ1v) is 9.28. The number of pyridine rings is 1. The molecule has 1 aromatic heterocycles. The van der Waals surface area contributed by atoms with Crippen molar-refractivity contribution in [3.05, 3.63) is 23.9 Å². The third kappa shape index (κ3) is 4.08. The van der Waals surface area contributed by atoms with E-state index in [0.29, 0.717) is 26.2 Å². The smallest absolute Gasteiger partial charge is 0.410 e. The zero-order valence-corrected chi connectivity index (χ0v) is 15.9. The first kappa shape index (κ1) is 18.5. The zero-order chi connectivity index (χ0) is 18.7. The number of rotatable bonds is 3. The van der Waals surface area contributed by atoms with Crippen molar-refractivity contribution in [3.63, 3.8) is 0 Å². The van der Waals surface area contributed by atoms with Crippen molar-refractivity contribution in [2.75, 3.05) is 37.6 Å². The van der Waals surface area contributed by atoms with Crippen LogP contribution in [0.5, 0.6) is 0 Å². The summed E-state index contributed by atoms with van der Waals surface area (Å²) < 4.78 is 5.46. The third-order valence-corrected chi connectivity index (χ3v) is 4.84. The maximum atomic E-state index is 12.2. The van der Waals surface area contributed by atoms with E-state index in [1.54, 1.807) is 11.1 Å². The summed E-state index contributed by atoms with van der Waals surface area (Å²) in [6.45, 7) is 9.05. The van der Waals surface area contributed by atoms with Gasteiger partial charge >= 0.3 is 6.09 Å². The Morgan fingerprint density at radius 1 is 1.23 bits per heavy atom. The van der Waals surface area contributed by atoms with Gasteiger partial charge in [0.05, 0.1) is 6.04 Å². The molecule has 0 N–H and O–H groups in total. The van der Waals surface area contributed by atoms with Crippen molar-refractivity contribution in [2.24, 2.45) is 0 Å². The molecule has 0 aromatic carbocycles. The summed E-state index contributed by atoms with van der Waals surface area (Å²) in [6, 6.07) is 4.09. The lowest BCUT2D eigenvalue weighted by molar-refractivity contribution is -0.118. The summed E-state index contributed by atoms with van der Waals surface area (Å²) in [4.78, 5) is 34.0. The number of hydrogen-bond acceptors (Lipinski definition) is 5. The number of aromatic nitrogens is 1. The van der Waals surface area contributed by atoms with Crippen LogP contribution in [0.4, 0.5) is 10.6 Å². The normalized spacial score (nSPS) is 21.0. The van der Waals surface area contributed by atoms with Gasteiger partial charge in [0.1, 0.15) is 11.4 Å². The van der Waals surface area contributed by atoms with Crippen LogP contribution in [-0.4, -0.2) is 65.6 Å². The number of hydrogen-bond donors (Lipinski definition) is 0. The molecule has 7 nitrogen and oxygen atoms in total. The van der Waals surface area contributed by atoms with Gasteiger partial charge in [-0.1, -0.05) is 6.07 Å². The van der Waals surface area contributed by atoms with Gasteiger partial charge in [0, 0.05) is 44.5 Å². The molecular formula is C19H28N4O3. The van der Waals surface area contributed by atoms with Crippen molar-refractivity contribution in [2.45, 2.75) is 45.3 Å². The highest BCUT2D eigenvalue weighted by Gasteiger charge is 2.31. The van der Waals surface area contributed by atoms with Gasteiger partial charge in [-0.15, -0.1) is 0 Å². The van der Waals surface area contributed by atoms with Crippen molar-refractivity contribution >= 4 is 18.3 Å². The number of ether oxygens (including phenoxy) is 1. The Morgan fingerprint density at radius 3 is 2.62 bits per heavy atom. The molecule has 2 amide bonds. The molecule has 3 rings (SSSR count). The molecule has 2 saturated heterocycles. The average Bonchev–Trinajstić information content (AvgIpc) is 3.09. The predicted molar refractivity (Wildman–Crippen MR) is 99.0 cm³/mol. The van der Waals surface area contributed by atoms with Gasteiger partial charge in [0.15, 0.2) is 0 Å². The Hall–Kier alpha value is -2.31. The Labute approximate surface area is 154 Å². The number of likely N-dealkylation sites (tertiary alicyclic amines) is 1. The van der Waals surface area contributed by atoms with Crippen LogP contribution < -0.4 is 4.90 Å². The Bertz CT molecular complexity index is 650. The van der Waals surface area contributed by atoms with Crippen LogP contribution in [0.25, 0.3) is 0 Å².